The van der Waals surface area contributed by atoms with Gasteiger partial charge in [0.1, 0.15) is 6.61 Å². The standard InChI is InChI=1S/C19H25BI2O4S2/c1-4-14-25-17(23)13-9-8-10-15(2)18(26-28-22)19(27-20(21)24-3)16-11-6-5-7-12-16/h4-7,9,11-13,15,18-19H,1,8,10,14H2,2-3H3/b13-9+/t15?,18-,19?/m0/s1. The molecular weight excluding hydrogens is 621 g/mol. The van der Waals surface area contributed by atoms with Gasteiger partial charge in [0.2, 0.25) is 0 Å². The van der Waals surface area contributed by atoms with Crippen LogP contribution < -0.4 is 0 Å². The molecule has 154 valence electrons. The number of carbonyl (C=O) groups excluding carboxylic acids is 1. The molecule has 0 amide bonds. The van der Waals surface area contributed by atoms with Crippen molar-refractivity contribution in [3.05, 3.63) is 60.7 Å². The first-order chi connectivity index (χ1) is 13.5. The van der Waals surface area contributed by atoms with Crippen LogP contribution in [0.25, 0.3) is 0 Å². The van der Waals surface area contributed by atoms with E-state index in [1.165, 1.54) is 20.9 Å². The van der Waals surface area contributed by atoms with E-state index in [-0.39, 0.29) is 33.9 Å². The zero-order valence-electron chi connectivity index (χ0n) is 16.0. The van der Waals surface area contributed by atoms with Gasteiger partial charge in [0, 0.05) is 34.4 Å². The monoisotopic (exact) mass is 646 g/mol. The second-order valence-corrected chi connectivity index (χ2v) is 10.6. The highest BCUT2D eigenvalue weighted by Gasteiger charge is 2.32. The molecule has 0 fully saturated rings. The highest BCUT2D eigenvalue weighted by atomic mass is 127. The van der Waals surface area contributed by atoms with E-state index in [1.54, 1.807) is 24.8 Å². The maximum Gasteiger partial charge on any atom is 0.435 e. The molecule has 0 N–H and O–H groups in total. The maximum atomic E-state index is 11.5. The molecule has 0 radical (unpaired) electrons. The van der Waals surface area contributed by atoms with Crippen LogP contribution in [-0.2, 0) is 18.4 Å². The molecule has 3 atom stereocenters. The fourth-order valence-corrected chi connectivity index (χ4v) is 5.79. The lowest BCUT2D eigenvalue weighted by Gasteiger charge is -2.31. The second-order valence-electron chi connectivity index (χ2n) is 5.98. The number of rotatable bonds is 14. The van der Waals surface area contributed by atoms with Crippen LogP contribution in [0.5, 0.6) is 0 Å². The number of allylic oxidation sites excluding steroid dienone is 1. The molecule has 0 saturated carbocycles. The molecule has 0 aliphatic rings. The lowest BCUT2D eigenvalue weighted by Crippen LogP contribution is -2.27. The molecule has 1 aromatic carbocycles. The Bertz CT molecular complexity index is 607. The predicted molar refractivity (Wildman–Crippen MR) is 139 cm³/mol. The molecule has 4 nitrogen and oxygen atoms in total. The Kier molecular flexibility index (Phi) is 15.1. The first kappa shape index (κ1) is 26.4. The Hall–Kier alpha value is 0.315. The van der Waals surface area contributed by atoms with Gasteiger partial charge in [-0.15, -0.1) is 0 Å². The molecule has 0 spiro atoms. The van der Waals surface area contributed by atoms with E-state index in [0.29, 0.717) is 0 Å². The Morgan fingerprint density at radius 3 is 2.68 bits per heavy atom. The summed E-state index contributed by atoms with van der Waals surface area (Å²) < 4.78 is 16.6. The Balaban J connectivity index is 2.80. The lowest BCUT2D eigenvalue weighted by atomic mass is 9.93. The van der Waals surface area contributed by atoms with E-state index in [9.17, 15) is 4.79 Å². The van der Waals surface area contributed by atoms with Gasteiger partial charge in [-0.3, -0.25) is 0 Å². The van der Waals surface area contributed by atoms with Crippen LogP contribution in [0.1, 0.15) is 30.6 Å². The minimum atomic E-state index is -0.339. The van der Waals surface area contributed by atoms with Crippen molar-refractivity contribution in [2.75, 3.05) is 13.7 Å². The van der Waals surface area contributed by atoms with Crippen molar-refractivity contribution in [1.29, 1.82) is 0 Å². The Morgan fingerprint density at radius 2 is 2.07 bits per heavy atom. The zero-order valence-corrected chi connectivity index (χ0v) is 21.9. The SMILES string of the molecule is C=CCOC(=O)/C=C/CCC(C)[C@H](OSI)C(SB(I)OC)c1ccccc1. The average Bonchev–Trinajstić information content (AvgIpc) is 2.72. The van der Waals surface area contributed by atoms with Crippen molar-refractivity contribution in [2.24, 2.45) is 5.92 Å². The van der Waals surface area contributed by atoms with Gasteiger partial charge in [-0.05, 0) is 24.3 Å². The minimum Gasteiger partial charge on any atom is -0.458 e. The van der Waals surface area contributed by atoms with Crippen molar-refractivity contribution in [3.8, 4) is 0 Å². The molecule has 2 unspecified atom stereocenters. The van der Waals surface area contributed by atoms with Gasteiger partial charge in [0.15, 0.2) is 0 Å². The number of halogens is 2. The molecule has 0 saturated heterocycles. The van der Waals surface area contributed by atoms with Crippen molar-refractivity contribution < 1.29 is 18.4 Å². The summed E-state index contributed by atoms with van der Waals surface area (Å²) in [6.45, 7) is 5.95. The average molecular weight is 646 g/mol. The van der Waals surface area contributed by atoms with Crippen molar-refractivity contribution >= 4 is 74.4 Å². The van der Waals surface area contributed by atoms with Crippen LogP contribution in [0.15, 0.2) is 55.1 Å². The Labute approximate surface area is 202 Å². The van der Waals surface area contributed by atoms with Crippen LogP contribution in [-0.4, -0.2) is 29.8 Å². The molecular formula is C19H25BI2O4S2. The van der Waals surface area contributed by atoms with Crippen LogP contribution in [0.4, 0.5) is 0 Å². The van der Waals surface area contributed by atoms with Crippen LogP contribution in [0.3, 0.4) is 0 Å². The number of carbonyl (C=O) groups is 1. The van der Waals surface area contributed by atoms with E-state index in [4.69, 9.17) is 13.6 Å². The first-order valence-corrected chi connectivity index (χ1v) is 14.3. The highest BCUT2D eigenvalue weighted by Crippen LogP contribution is 2.42. The summed E-state index contributed by atoms with van der Waals surface area (Å²) in [4.78, 5) is 11.5. The molecule has 0 heterocycles. The quantitative estimate of drug-likeness (QED) is 0.0567. The van der Waals surface area contributed by atoms with Gasteiger partial charge < -0.3 is 13.6 Å². The Morgan fingerprint density at radius 1 is 1.36 bits per heavy atom. The number of benzene rings is 1. The van der Waals surface area contributed by atoms with E-state index in [0.717, 1.165) is 12.8 Å². The topological polar surface area (TPSA) is 44.8 Å². The zero-order chi connectivity index (χ0) is 20.8. The summed E-state index contributed by atoms with van der Waals surface area (Å²) in [5, 5.41) is 0.141. The minimum absolute atomic E-state index is 0.00262. The van der Waals surface area contributed by atoms with Gasteiger partial charge in [-0.25, -0.2) is 4.79 Å². The van der Waals surface area contributed by atoms with E-state index < -0.39 is 0 Å². The summed E-state index contributed by atoms with van der Waals surface area (Å²) in [6.07, 6.45) is 6.57. The lowest BCUT2D eigenvalue weighted by molar-refractivity contribution is -0.136. The third kappa shape index (κ3) is 10.4. The summed E-state index contributed by atoms with van der Waals surface area (Å²) in [7, 11) is 3.08. The number of hydrogen-bond acceptors (Lipinski definition) is 6. The van der Waals surface area contributed by atoms with Gasteiger partial charge in [0.05, 0.1) is 20.6 Å². The van der Waals surface area contributed by atoms with Gasteiger partial charge in [0.25, 0.3) is 0 Å². The van der Waals surface area contributed by atoms with Crippen LogP contribution in [0.2, 0.25) is 0 Å². The first-order valence-electron chi connectivity index (χ1n) is 8.79. The van der Waals surface area contributed by atoms with Gasteiger partial charge >= 0.3 is 10.0 Å². The summed E-state index contributed by atoms with van der Waals surface area (Å²) in [5.41, 5.74) is 1.22. The molecule has 9 heteroatoms. The second kappa shape index (κ2) is 16.1. The number of esters is 1. The molecule has 28 heavy (non-hydrogen) atoms. The van der Waals surface area contributed by atoms with Crippen molar-refractivity contribution in [2.45, 2.75) is 31.1 Å². The van der Waals surface area contributed by atoms with E-state index >= 15 is 0 Å². The van der Waals surface area contributed by atoms with E-state index in [1.807, 2.05) is 12.1 Å². The summed E-state index contributed by atoms with van der Waals surface area (Å²) in [6, 6.07) is 10.4. The third-order valence-electron chi connectivity index (χ3n) is 3.96. The molecule has 0 aliphatic carbocycles. The largest absolute Gasteiger partial charge is 0.458 e. The predicted octanol–water partition coefficient (Wildman–Crippen LogP) is 6.61. The summed E-state index contributed by atoms with van der Waals surface area (Å²) in [5.74, 6) is -0.0528. The third-order valence-corrected chi connectivity index (χ3v) is 7.51. The molecule has 1 rings (SSSR count). The summed E-state index contributed by atoms with van der Waals surface area (Å²) >= 11 is 6.21. The van der Waals surface area contributed by atoms with Crippen LogP contribution >= 0.6 is 64.4 Å². The van der Waals surface area contributed by atoms with Crippen LogP contribution in [0, 0.1) is 5.92 Å². The molecule has 0 aliphatic heterocycles. The van der Waals surface area contributed by atoms with Gasteiger partial charge in [-0.1, -0.05) is 78.4 Å². The van der Waals surface area contributed by atoms with Crippen molar-refractivity contribution in [1.82, 2.24) is 0 Å². The fourth-order valence-electron chi connectivity index (χ4n) is 2.54. The molecule has 0 aromatic heterocycles. The number of hydrogen-bond donors (Lipinski definition) is 0. The fraction of sp³-hybridized carbons (Fsp3) is 0.421. The van der Waals surface area contributed by atoms with E-state index in [2.05, 4.69) is 81.3 Å². The number of ether oxygens (including phenoxy) is 1. The molecule has 1 aromatic rings. The highest BCUT2D eigenvalue weighted by molar-refractivity contribution is 14.2. The maximum absolute atomic E-state index is 11.5. The van der Waals surface area contributed by atoms with Crippen molar-refractivity contribution in [3.63, 3.8) is 0 Å². The smallest absolute Gasteiger partial charge is 0.435 e. The van der Waals surface area contributed by atoms with Gasteiger partial charge in [-0.2, -0.15) is 11.6 Å². The molecule has 0 bridgehead atoms. The normalized spacial score (nSPS) is 14.4.